The zero-order valence-corrected chi connectivity index (χ0v) is 21.9. The van der Waals surface area contributed by atoms with Gasteiger partial charge in [0.15, 0.2) is 0 Å². The first-order valence-corrected chi connectivity index (χ1v) is 13.8. The molecule has 2 nitrogen and oxygen atoms in total. The number of para-hydroxylation sites is 4. The minimum Gasteiger partial charge on any atom is -0.248 e. The molecule has 0 radical (unpaired) electrons. The largest absolute Gasteiger partial charge is 0.248 e. The van der Waals surface area contributed by atoms with E-state index < -0.39 is 0 Å². The molecule has 0 aliphatic carbocycles. The van der Waals surface area contributed by atoms with Crippen LogP contribution < -0.4 is 0 Å². The van der Waals surface area contributed by atoms with Crippen LogP contribution in [0.2, 0.25) is 0 Å². The van der Waals surface area contributed by atoms with E-state index >= 15 is 0 Å². The summed E-state index contributed by atoms with van der Waals surface area (Å²) in [5.41, 5.74) is 7.03. The molecule has 0 N–H and O–H groups in total. The Kier molecular flexibility index (Phi) is 6.34. The maximum Gasteiger partial charge on any atom is 0.0712 e. The smallest absolute Gasteiger partial charge is 0.0712 e. The summed E-state index contributed by atoms with van der Waals surface area (Å²) in [7, 11) is 0. The van der Waals surface area contributed by atoms with E-state index in [2.05, 4.69) is 111 Å². The number of benzene rings is 4. The molecule has 6 aromatic rings. The predicted octanol–water partition coefficient (Wildman–Crippen LogP) is 9.76. The Balaban J connectivity index is 1.86. The van der Waals surface area contributed by atoms with Crippen molar-refractivity contribution in [2.45, 2.75) is 57.8 Å². The van der Waals surface area contributed by atoms with Crippen LogP contribution in [0.15, 0.2) is 97.1 Å². The average molecular weight is 483 g/mol. The van der Waals surface area contributed by atoms with Crippen LogP contribution >= 0.6 is 0 Å². The number of unbranched alkanes of at least 4 members (excludes halogenated alkanes) is 2. The number of rotatable bonds is 8. The Labute approximate surface area is 219 Å². The maximum atomic E-state index is 5.12. The molecule has 2 heteroatoms. The van der Waals surface area contributed by atoms with E-state index in [0.717, 1.165) is 47.8 Å². The van der Waals surface area contributed by atoms with Crippen LogP contribution in [-0.4, -0.2) is 9.97 Å². The standard InChI is InChI=1S/C35H34N2/c1-3-5-23-35(24-6-4-2,33-25-15-7-11-19-29(25)36-30-20-12-8-16-26(30)33)34-27-17-9-13-21-31(27)37-32-22-14-10-18-28(32)34/h7-22H,3-6,23-24H2,1-2H3. The fourth-order valence-corrected chi connectivity index (χ4v) is 6.42. The topological polar surface area (TPSA) is 25.8 Å². The second-order valence-electron chi connectivity index (χ2n) is 10.3. The highest BCUT2D eigenvalue weighted by atomic mass is 14.7. The maximum absolute atomic E-state index is 5.12. The normalized spacial score (nSPS) is 12.2. The van der Waals surface area contributed by atoms with E-state index in [4.69, 9.17) is 9.97 Å². The third kappa shape index (κ3) is 3.96. The molecule has 0 atom stereocenters. The van der Waals surface area contributed by atoms with Crippen LogP contribution in [-0.2, 0) is 5.41 Å². The summed E-state index contributed by atoms with van der Waals surface area (Å²) in [4.78, 5) is 10.2. The van der Waals surface area contributed by atoms with E-state index in [0.29, 0.717) is 0 Å². The molecule has 4 aromatic carbocycles. The quantitative estimate of drug-likeness (QED) is 0.202. The number of hydrogen-bond acceptors (Lipinski definition) is 2. The van der Waals surface area contributed by atoms with Gasteiger partial charge in [-0.1, -0.05) is 112 Å². The molecule has 0 saturated carbocycles. The molecule has 0 aliphatic heterocycles. The molecule has 0 fully saturated rings. The summed E-state index contributed by atoms with van der Waals surface area (Å²) < 4.78 is 0. The van der Waals surface area contributed by atoms with Crippen LogP contribution in [0.5, 0.6) is 0 Å². The molecule has 37 heavy (non-hydrogen) atoms. The molecule has 2 heterocycles. The van der Waals surface area contributed by atoms with Crippen LogP contribution in [0, 0.1) is 0 Å². The van der Waals surface area contributed by atoms with Gasteiger partial charge in [-0.25, -0.2) is 9.97 Å². The summed E-state index contributed by atoms with van der Waals surface area (Å²) in [5.74, 6) is 0. The first-order chi connectivity index (χ1) is 18.3. The van der Waals surface area contributed by atoms with Gasteiger partial charge in [0.1, 0.15) is 0 Å². The minimum atomic E-state index is -0.170. The number of nitrogens with zero attached hydrogens (tertiary/aromatic N) is 2. The lowest BCUT2D eigenvalue weighted by Gasteiger charge is -2.39. The average Bonchev–Trinajstić information content (AvgIpc) is 2.95. The summed E-state index contributed by atoms with van der Waals surface area (Å²) >= 11 is 0. The fraction of sp³-hybridized carbons (Fsp3) is 0.257. The second-order valence-corrected chi connectivity index (χ2v) is 10.3. The summed E-state index contributed by atoms with van der Waals surface area (Å²) in [6.07, 6.45) is 6.85. The van der Waals surface area contributed by atoms with Crippen LogP contribution in [0.25, 0.3) is 43.6 Å². The number of hydrogen-bond donors (Lipinski definition) is 0. The van der Waals surface area contributed by atoms with Crippen molar-refractivity contribution in [1.29, 1.82) is 0 Å². The Morgan fingerprint density at radius 3 is 1.05 bits per heavy atom. The molecule has 0 amide bonds. The minimum absolute atomic E-state index is 0.170. The van der Waals surface area contributed by atoms with Gasteiger partial charge in [-0.15, -0.1) is 0 Å². The van der Waals surface area contributed by atoms with Crippen molar-refractivity contribution >= 4 is 43.6 Å². The first kappa shape index (κ1) is 23.6. The van der Waals surface area contributed by atoms with E-state index in [-0.39, 0.29) is 5.41 Å². The predicted molar refractivity (Wildman–Crippen MR) is 158 cm³/mol. The van der Waals surface area contributed by atoms with E-state index in [1.165, 1.54) is 45.5 Å². The SMILES string of the molecule is CCCCC(CCCC)(c1c2ccccc2nc2ccccc12)c1c2ccccc2nc2ccccc12. The van der Waals surface area contributed by atoms with Crippen molar-refractivity contribution in [2.24, 2.45) is 0 Å². The van der Waals surface area contributed by atoms with Gasteiger partial charge in [-0.2, -0.15) is 0 Å². The third-order valence-electron chi connectivity index (χ3n) is 8.05. The molecule has 6 rings (SSSR count). The summed E-state index contributed by atoms with van der Waals surface area (Å²) in [5, 5.41) is 5.11. The lowest BCUT2D eigenvalue weighted by atomic mass is 9.64. The molecule has 0 aliphatic rings. The van der Waals surface area contributed by atoms with Gasteiger partial charge >= 0.3 is 0 Å². The Bertz CT molecular complexity index is 1480. The summed E-state index contributed by atoms with van der Waals surface area (Å²) in [6.45, 7) is 4.63. The third-order valence-corrected chi connectivity index (χ3v) is 8.05. The lowest BCUT2D eigenvalue weighted by Crippen LogP contribution is -2.30. The van der Waals surface area contributed by atoms with Crippen molar-refractivity contribution in [2.75, 3.05) is 0 Å². The van der Waals surface area contributed by atoms with Gasteiger partial charge in [0.05, 0.1) is 22.1 Å². The van der Waals surface area contributed by atoms with Crippen molar-refractivity contribution in [3.8, 4) is 0 Å². The molecular weight excluding hydrogens is 448 g/mol. The van der Waals surface area contributed by atoms with Crippen molar-refractivity contribution in [1.82, 2.24) is 9.97 Å². The van der Waals surface area contributed by atoms with E-state index in [9.17, 15) is 0 Å². The fourth-order valence-electron chi connectivity index (χ4n) is 6.42. The molecule has 184 valence electrons. The Hall–Kier alpha value is -3.78. The molecule has 0 bridgehead atoms. The van der Waals surface area contributed by atoms with E-state index in [1.807, 2.05) is 0 Å². The molecule has 2 aromatic heterocycles. The van der Waals surface area contributed by atoms with Crippen molar-refractivity contribution in [3.63, 3.8) is 0 Å². The molecular formula is C35H34N2. The highest BCUT2D eigenvalue weighted by Crippen LogP contribution is 2.50. The highest BCUT2D eigenvalue weighted by molar-refractivity contribution is 6.04. The van der Waals surface area contributed by atoms with Gasteiger partial charge in [0, 0.05) is 27.0 Å². The lowest BCUT2D eigenvalue weighted by molar-refractivity contribution is 0.416. The van der Waals surface area contributed by atoms with Gasteiger partial charge in [0.2, 0.25) is 0 Å². The number of aromatic nitrogens is 2. The van der Waals surface area contributed by atoms with Crippen LogP contribution in [0.1, 0.15) is 63.5 Å². The van der Waals surface area contributed by atoms with Gasteiger partial charge in [0.25, 0.3) is 0 Å². The molecule has 0 unspecified atom stereocenters. The van der Waals surface area contributed by atoms with Crippen molar-refractivity contribution in [3.05, 3.63) is 108 Å². The Morgan fingerprint density at radius 2 is 0.757 bits per heavy atom. The van der Waals surface area contributed by atoms with Crippen LogP contribution in [0.3, 0.4) is 0 Å². The first-order valence-electron chi connectivity index (χ1n) is 13.8. The Morgan fingerprint density at radius 1 is 0.459 bits per heavy atom. The number of pyridine rings is 2. The number of fused-ring (bicyclic) bond motifs is 4. The van der Waals surface area contributed by atoms with Gasteiger partial charge < -0.3 is 0 Å². The van der Waals surface area contributed by atoms with Crippen molar-refractivity contribution < 1.29 is 0 Å². The second kappa shape index (κ2) is 9.94. The van der Waals surface area contributed by atoms with Gasteiger partial charge in [-0.05, 0) is 48.2 Å². The molecule has 0 saturated heterocycles. The highest BCUT2D eigenvalue weighted by Gasteiger charge is 2.39. The van der Waals surface area contributed by atoms with E-state index in [1.54, 1.807) is 0 Å². The zero-order chi connectivity index (χ0) is 25.2. The monoisotopic (exact) mass is 482 g/mol. The van der Waals surface area contributed by atoms with Crippen LogP contribution in [0.4, 0.5) is 0 Å². The molecule has 0 spiro atoms. The summed E-state index contributed by atoms with van der Waals surface area (Å²) in [6, 6.07) is 35.1. The zero-order valence-electron chi connectivity index (χ0n) is 21.9. The van der Waals surface area contributed by atoms with Gasteiger partial charge in [-0.3, -0.25) is 0 Å².